The predicted molar refractivity (Wildman–Crippen MR) is 75.4 cm³/mol. The number of aromatic amines is 1. The van der Waals surface area contributed by atoms with Crippen molar-refractivity contribution < 1.29 is 14.6 Å². The van der Waals surface area contributed by atoms with Gasteiger partial charge in [0.2, 0.25) is 5.88 Å². The van der Waals surface area contributed by atoms with Gasteiger partial charge in [0, 0.05) is 0 Å². The summed E-state index contributed by atoms with van der Waals surface area (Å²) in [6.07, 6.45) is 1.22. The van der Waals surface area contributed by atoms with Gasteiger partial charge >= 0.3 is 5.97 Å². The molecular weight excluding hydrogens is 363 g/mol. The van der Waals surface area contributed by atoms with E-state index in [0.717, 1.165) is 0 Å². The van der Waals surface area contributed by atoms with Crippen molar-refractivity contribution in [3.05, 3.63) is 50.1 Å². The second-order valence-corrected chi connectivity index (χ2v) is 4.75. The van der Waals surface area contributed by atoms with E-state index in [1.807, 2.05) is 22.6 Å². The first kappa shape index (κ1) is 13.5. The summed E-state index contributed by atoms with van der Waals surface area (Å²) in [6.45, 7) is 0. The van der Waals surface area contributed by atoms with Gasteiger partial charge in [-0.25, -0.2) is 4.98 Å². The highest BCUT2D eigenvalue weighted by Crippen LogP contribution is 2.22. The largest absolute Gasteiger partial charge is 0.481 e. The number of carboxylic acids is 1. The number of nitrogens with zero attached hydrogens (tertiary/aromatic N) is 1. The summed E-state index contributed by atoms with van der Waals surface area (Å²) in [4.78, 5) is 28.3. The van der Waals surface area contributed by atoms with Crippen LogP contribution in [0, 0.1) is 3.57 Å². The van der Waals surface area contributed by atoms with Gasteiger partial charge in [-0.05, 0) is 40.3 Å². The summed E-state index contributed by atoms with van der Waals surface area (Å²) in [5, 5.41) is 8.66. The summed E-state index contributed by atoms with van der Waals surface area (Å²) in [5.41, 5.74) is 0.404. The lowest BCUT2D eigenvalue weighted by Crippen LogP contribution is -2.11. The first-order valence-corrected chi connectivity index (χ1v) is 6.36. The quantitative estimate of drug-likeness (QED) is 0.799. The number of ether oxygens (including phenoxy) is 1. The fraction of sp³-hybridized carbons (Fsp3) is 0.0833. The zero-order chi connectivity index (χ0) is 13.8. The van der Waals surface area contributed by atoms with Gasteiger partial charge in [0.15, 0.2) is 0 Å². The van der Waals surface area contributed by atoms with Crippen LogP contribution < -0.4 is 10.3 Å². The van der Waals surface area contributed by atoms with Crippen molar-refractivity contribution in [1.82, 2.24) is 9.97 Å². The molecule has 98 valence electrons. The van der Waals surface area contributed by atoms with Crippen LogP contribution in [0.4, 0.5) is 0 Å². The molecule has 0 atom stereocenters. The minimum absolute atomic E-state index is 0.0406. The molecule has 0 radical (unpaired) electrons. The summed E-state index contributed by atoms with van der Waals surface area (Å²) in [7, 11) is 0. The molecule has 0 unspecified atom stereocenters. The van der Waals surface area contributed by atoms with Crippen LogP contribution in [-0.2, 0) is 11.2 Å². The molecule has 0 aliphatic heterocycles. The Morgan fingerprint density at radius 2 is 2.05 bits per heavy atom. The maximum Gasteiger partial charge on any atom is 0.307 e. The van der Waals surface area contributed by atoms with E-state index in [1.54, 1.807) is 24.3 Å². The average molecular weight is 372 g/mol. The van der Waals surface area contributed by atoms with Crippen molar-refractivity contribution in [1.29, 1.82) is 0 Å². The third kappa shape index (κ3) is 3.53. The number of carbonyl (C=O) groups is 1. The van der Waals surface area contributed by atoms with Gasteiger partial charge in [-0.2, -0.15) is 0 Å². The molecule has 0 fully saturated rings. The number of hydrogen-bond acceptors (Lipinski definition) is 4. The average Bonchev–Trinajstić information content (AvgIpc) is 2.37. The molecule has 0 spiro atoms. The topological polar surface area (TPSA) is 92.3 Å². The molecule has 19 heavy (non-hydrogen) atoms. The Hall–Kier alpha value is -1.90. The van der Waals surface area contributed by atoms with Crippen LogP contribution in [0.3, 0.4) is 0 Å². The molecule has 0 aliphatic carbocycles. The first-order valence-electron chi connectivity index (χ1n) is 5.28. The van der Waals surface area contributed by atoms with E-state index >= 15 is 0 Å². The molecule has 1 heterocycles. The number of aliphatic carboxylic acids is 1. The van der Waals surface area contributed by atoms with Crippen LogP contribution >= 0.6 is 22.6 Å². The number of H-pyrrole nitrogens is 1. The van der Waals surface area contributed by atoms with E-state index in [9.17, 15) is 9.59 Å². The molecule has 0 bridgehead atoms. The van der Waals surface area contributed by atoms with Crippen LogP contribution in [0.15, 0.2) is 35.4 Å². The molecule has 0 aliphatic rings. The normalized spacial score (nSPS) is 10.2. The highest BCUT2D eigenvalue weighted by molar-refractivity contribution is 14.1. The van der Waals surface area contributed by atoms with Gasteiger partial charge in [-0.3, -0.25) is 9.59 Å². The van der Waals surface area contributed by atoms with Gasteiger partial charge in [0.1, 0.15) is 9.32 Å². The maximum atomic E-state index is 11.4. The van der Waals surface area contributed by atoms with Gasteiger partial charge in [0.25, 0.3) is 5.56 Å². The van der Waals surface area contributed by atoms with Crippen LogP contribution in [-0.4, -0.2) is 21.0 Å². The number of carboxylic acid groups (broad SMARTS) is 1. The van der Waals surface area contributed by atoms with E-state index in [4.69, 9.17) is 9.84 Å². The Kier molecular flexibility index (Phi) is 4.15. The number of aromatic nitrogens is 2. The van der Waals surface area contributed by atoms with Gasteiger partial charge < -0.3 is 14.8 Å². The van der Waals surface area contributed by atoms with Gasteiger partial charge in [0.05, 0.1) is 12.7 Å². The molecule has 0 saturated heterocycles. The smallest absolute Gasteiger partial charge is 0.307 e. The molecule has 1 aromatic heterocycles. The minimum Gasteiger partial charge on any atom is -0.481 e. The fourth-order valence-electron chi connectivity index (χ4n) is 1.40. The predicted octanol–water partition coefficient (Wildman–Crippen LogP) is 1.79. The summed E-state index contributed by atoms with van der Waals surface area (Å²) in [5.74, 6) is -0.181. The van der Waals surface area contributed by atoms with E-state index < -0.39 is 5.97 Å². The lowest BCUT2D eigenvalue weighted by atomic mass is 10.1. The Morgan fingerprint density at radius 3 is 2.68 bits per heavy atom. The Labute approximate surface area is 121 Å². The fourth-order valence-corrected chi connectivity index (χ4v) is 1.80. The van der Waals surface area contributed by atoms with Crippen molar-refractivity contribution in [3.63, 3.8) is 0 Å². The van der Waals surface area contributed by atoms with Crippen molar-refractivity contribution >= 4 is 28.6 Å². The van der Waals surface area contributed by atoms with Crippen molar-refractivity contribution in [3.8, 4) is 11.6 Å². The van der Waals surface area contributed by atoms with Crippen molar-refractivity contribution in [2.75, 3.05) is 0 Å². The van der Waals surface area contributed by atoms with Crippen LogP contribution in [0.1, 0.15) is 5.56 Å². The standard InChI is InChI=1S/C12H9IN2O4/c13-10-11(18)14-6-15-12(10)19-8-3-1-7(2-4-8)5-9(16)17/h1-4,6H,5H2,(H,16,17)(H,14,15,18). The van der Waals surface area contributed by atoms with Crippen molar-refractivity contribution in [2.24, 2.45) is 0 Å². The SMILES string of the molecule is O=C(O)Cc1ccc(Oc2nc[nH]c(=O)c2I)cc1. The van der Waals surface area contributed by atoms with E-state index in [-0.39, 0.29) is 17.9 Å². The third-order valence-corrected chi connectivity index (χ3v) is 3.21. The van der Waals surface area contributed by atoms with Crippen LogP contribution in [0.25, 0.3) is 0 Å². The summed E-state index contributed by atoms with van der Waals surface area (Å²) < 4.78 is 5.82. The molecular formula is C12H9IN2O4. The van der Waals surface area contributed by atoms with E-state index in [2.05, 4.69) is 9.97 Å². The molecule has 1 aromatic carbocycles. The Morgan fingerprint density at radius 1 is 1.37 bits per heavy atom. The van der Waals surface area contributed by atoms with Crippen LogP contribution in [0.5, 0.6) is 11.6 Å². The van der Waals surface area contributed by atoms with Gasteiger partial charge in [-0.1, -0.05) is 12.1 Å². The summed E-state index contributed by atoms with van der Waals surface area (Å²) >= 11 is 1.85. The number of benzene rings is 1. The monoisotopic (exact) mass is 372 g/mol. The highest BCUT2D eigenvalue weighted by Gasteiger charge is 2.08. The number of hydrogen-bond donors (Lipinski definition) is 2. The molecule has 0 amide bonds. The molecule has 6 nitrogen and oxygen atoms in total. The second-order valence-electron chi connectivity index (χ2n) is 3.67. The summed E-state index contributed by atoms with van der Waals surface area (Å²) in [6, 6.07) is 6.58. The molecule has 2 aromatic rings. The van der Waals surface area contributed by atoms with E-state index in [0.29, 0.717) is 14.9 Å². The third-order valence-electron chi connectivity index (χ3n) is 2.26. The van der Waals surface area contributed by atoms with Crippen molar-refractivity contribution in [2.45, 2.75) is 6.42 Å². The molecule has 7 heteroatoms. The first-order chi connectivity index (χ1) is 9.06. The molecule has 2 N–H and O–H groups in total. The lowest BCUT2D eigenvalue weighted by molar-refractivity contribution is -0.136. The zero-order valence-electron chi connectivity index (χ0n) is 9.59. The van der Waals surface area contributed by atoms with E-state index in [1.165, 1.54) is 6.33 Å². The Balaban J connectivity index is 2.17. The minimum atomic E-state index is -0.889. The van der Waals surface area contributed by atoms with Crippen LogP contribution in [0.2, 0.25) is 0 Å². The second kappa shape index (κ2) is 5.83. The van der Waals surface area contributed by atoms with Gasteiger partial charge in [-0.15, -0.1) is 0 Å². The Bertz CT molecular complexity index is 652. The zero-order valence-corrected chi connectivity index (χ0v) is 11.7. The number of nitrogens with one attached hydrogen (secondary N) is 1. The molecule has 2 rings (SSSR count). The molecule has 0 saturated carbocycles. The highest BCUT2D eigenvalue weighted by atomic mass is 127. The maximum absolute atomic E-state index is 11.4. The lowest BCUT2D eigenvalue weighted by Gasteiger charge is -2.06. The number of halogens is 1. The number of rotatable bonds is 4.